The van der Waals surface area contributed by atoms with E-state index < -0.39 is 6.03 Å². The molecule has 0 aromatic heterocycles. The van der Waals surface area contributed by atoms with Crippen molar-refractivity contribution in [1.29, 1.82) is 0 Å². The standard InChI is InChI=1S/C7H10N2O2/c1-4(2)3-5-6(10)9-7(11)8-5/h3-4H,1-2H3,(H2,8,9,10,11). The Balaban J connectivity index is 2.75. The monoisotopic (exact) mass is 154 g/mol. The molecule has 1 heterocycles. The van der Waals surface area contributed by atoms with Gasteiger partial charge in [-0.3, -0.25) is 10.1 Å². The smallest absolute Gasteiger partial charge is 0.303 e. The summed E-state index contributed by atoms with van der Waals surface area (Å²) in [6, 6.07) is -0.443. The molecular weight excluding hydrogens is 144 g/mol. The minimum Gasteiger partial charge on any atom is -0.303 e. The van der Waals surface area contributed by atoms with Crippen molar-refractivity contribution < 1.29 is 9.59 Å². The van der Waals surface area contributed by atoms with Crippen LogP contribution in [0.2, 0.25) is 0 Å². The third kappa shape index (κ3) is 1.80. The molecule has 4 nitrogen and oxygen atoms in total. The van der Waals surface area contributed by atoms with E-state index in [9.17, 15) is 9.59 Å². The predicted molar refractivity (Wildman–Crippen MR) is 39.6 cm³/mol. The Labute approximate surface area is 64.7 Å². The van der Waals surface area contributed by atoms with Crippen molar-refractivity contribution in [3.63, 3.8) is 0 Å². The topological polar surface area (TPSA) is 58.2 Å². The van der Waals surface area contributed by atoms with Crippen molar-refractivity contribution in [3.8, 4) is 0 Å². The first-order valence-electron chi connectivity index (χ1n) is 3.43. The third-order valence-corrected chi connectivity index (χ3v) is 1.22. The van der Waals surface area contributed by atoms with E-state index in [0.29, 0.717) is 5.70 Å². The van der Waals surface area contributed by atoms with Gasteiger partial charge < -0.3 is 5.32 Å². The van der Waals surface area contributed by atoms with Gasteiger partial charge in [-0.1, -0.05) is 19.9 Å². The number of hydrogen-bond donors (Lipinski definition) is 2. The number of hydrogen-bond acceptors (Lipinski definition) is 2. The van der Waals surface area contributed by atoms with E-state index in [2.05, 4.69) is 10.6 Å². The van der Waals surface area contributed by atoms with Crippen LogP contribution >= 0.6 is 0 Å². The number of imide groups is 1. The normalized spacial score (nSPS) is 20.8. The van der Waals surface area contributed by atoms with Gasteiger partial charge in [0.2, 0.25) is 0 Å². The summed E-state index contributed by atoms with van der Waals surface area (Å²) in [5.41, 5.74) is 0.352. The Morgan fingerprint density at radius 1 is 1.27 bits per heavy atom. The number of amides is 3. The fourth-order valence-electron chi connectivity index (χ4n) is 0.831. The number of urea groups is 1. The second-order valence-corrected chi connectivity index (χ2v) is 2.73. The molecule has 3 amide bonds. The zero-order valence-electron chi connectivity index (χ0n) is 6.47. The first kappa shape index (κ1) is 7.78. The highest BCUT2D eigenvalue weighted by Gasteiger charge is 2.22. The molecule has 1 saturated heterocycles. The van der Waals surface area contributed by atoms with E-state index in [1.165, 1.54) is 0 Å². The molecule has 1 fully saturated rings. The van der Waals surface area contributed by atoms with Gasteiger partial charge in [0.25, 0.3) is 5.91 Å². The molecule has 0 saturated carbocycles. The lowest BCUT2D eigenvalue weighted by atomic mass is 10.2. The quantitative estimate of drug-likeness (QED) is 0.423. The van der Waals surface area contributed by atoms with Gasteiger partial charge in [-0.25, -0.2) is 4.79 Å². The van der Waals surface area contributed by atoms with E-state index >= 15 is 0 Å². The Kier molecular flexibility index (Phi) is 1.94. The average molecular weight is 154 g/mol. The van der Waals surface area contributed by atoms with Crippen LogP contribution in [0.15, 0.2) is 11.8 Å². The molecular formula is C7H10N2O2. The maximum Gasteiger partial charge on any atom is 0.326 e. The van der Waals surface area contributed by atoms with E-state index in [0.717, 1.165) is 0 Å². The lowest BCUT2D eigenvalue weighted by molar-refractivity contribution is -0.115. The SMILES string of the molecule is CC(C)C=C1NC(=O)NC1=O. The molecule has 1 aliphatic heterocycles. The van der Waals surface area contributed by atoms with Gasteiger partial charge in [0.15, 0.2) is 0 Å². The molecule has 11 heavy (non-hydrogen) atoms. The van der Waals surface area contributed by atoms with Crippen molar-refractivity contribution in [1.82, 2.24) is 10.6 Å². The Bertz CT molecular complexity index is 231. The van der Waals surface area contributed by atoms with Crippen molar-refractivity contribution in [2.75, 3.05) is 0 Å². The summed E-state index contributed by atoms with van der Waals surface area (Å²) in [7, 11) is 0. The second kappa shape index (κ2) is 2.74. The highest BCUT2D eigenvalue weighted by atomic mass is 16.2. The van der Waals surface area contributed by atoms with Crippen LogP contribution in [0, 0.1) is 5.92 Å². The number of rotatable bonds is 1. The van der Waals surface area contributed by atoms with Gasteiger partial charge in [-0.2, -0.15) is 0 Å². The van der Waals surface area contributed by atoms with Gasteiger partial charge in [-0.05, 0) is 5.92 Å². The molecule has 0 aromatic rings. The van der Waals surface area contributed by atoms with E-state index in [1.54, 1.807) is 6.08 Å². The minimum atomic E-state index is -0.443. The molecule has 1 aliphatic rings. The van der Waals surface area contributed by atoms with Crippen LogP contribution in [0.4, 0.5) is 4.79 Å². The van der Waals surface area contributed by atoms with Crippen molar-refractivity contribution in [3.05, 3.63) is 11.8 Å². The molecule has 4 heteroatoms. The molecule has 0 unspecified atom stereocenters. The lowest BCUT2D eigenvalue weighted by Crippen LogP contribution is -2.22. The zero-order chi connectivity index (χ0) is 8.43. The van der Waals surface area contributed by atoms with Crippen LogP contribution in [0.25, 0.3) is 0 Å². The maximum absolute atomic E-state index is 10.9. The van der Waals surface area contributed by atoms with Gasteiger partial charge in [-0.15, -0.1) is 0 Å². The maximum atomic E-state index is 10.9. The average Bonchev–Trinajstić information content (AvgIpc) is 2.09. The van der Waals surface area contributed by atoms with E-state index in [1.807, 2.05) is 13.8 Å². The summed E-state index contributed by atoms with van der Waals surface area (Å²) >= 11 is 0. The van der Waals surface area contributed by atoms with Gasteiger partial charge in [0.05, 0.1) is 0 Å². The second-order valence-electron chi connectivity index (χ2n) is 2.73. The number of carbonyl (C=O) groups excluding carboxylic acids is 2. The molecule has 0 atom stereocenters. The Morgan fingerprint density at radius 3 is 2.27 bits per heavy atom. The first-order chi connectivity index (χ1) is 5.09. The summed E-state index contributed by atoms with van der Waals surface area (Å²) in [4.78, 5) is 21.4. The Hall–Kier alpha value is -1.32. The third-order valence-electron chi connectivity index (χ3n) is 1.22. The number of carbonyl (C=O) groups is 2. The van der Waals surface area contributed by atoms with E-state index in [-0.39, 0.29) is 11.8 Å². The van der Waals surface area contributed by atoms with Crippen LogP contribution in [-0.4, -0.2) is 11.9 Å². The van der Waals surface area contributed by atoms with Crippen LogP contribution in [-0.2, 0) is 4.79 Å². The van der Waals surface area contributed by atoms with Crippen LogP contribution in [0.3, 0.4) is 0 Å². The summed E-state index contributed by atoms with van der Waals surface area (Å²) < 4.78 is 0. The van der Waals surface area contributed by atoms with Crippen LogP contribution in [0.5, 0.6) is 0 Å². The fraction of sp³-hybridized carbons (Fsp3) is 0.429. The Morgan fingerprint density at radius 2 is 1.91 bits per heavy atom. The minimum absolute atomic E-state index is 0.258. The molecule has 0 bridgehead atoms. The van der Waals surface area contributed by atoms with Crippen molar-refractivity contribution in [2.24, 2.45) is 5.92 Å². The molecule has 60 valence electrons. The van der Waals surface area contributed by atoms with Gasteiger partial charge in [0.1, 0.15) is 5.70 Å². The summed E-state index contributed by atoms with van der Waals surface area (Å²) in [5, 5.41) is 4.51. The molecule has 2 N–H and O–H groups in total. The number of nitrogens with one attached hydrogen (secondary N) is 2. The largest absolute Gasteiger partial charge is 0.326 e. The highest BCUT2D eigenvalue weighted by molar-refractivity contribution is 6.11. The predicted octanol–water partition coefficient (Wildman–Crippen LogP) is 0.366. The highest BCUT2D eigenvalue weighted by Crippen LogP contribution is 2.02. The molecule has 0 radical (unpaired) electrons. The first-order valence-corrected chi connectivity index (χ1v) is 3.43. The zero-order valence-corrected chi connectivity index (χ0v) is 6.47. The number of allylic oxidation sites excluding steroid dienone is 1. The van der Waals surface area contributed by atoms with Crippen LogP contribution in [0.1, 0.15) is 13.8 Å². The van der Waals surface area contributed by atoms with Gasteiger partial charge in [0, 0.05) is 0 Å². The molecule has 1 rings (SSSR count). The summed E-state index contributed by atoms with van der Waals surface area (Å²) in [6.07, 6.45) is 1.71. The van der Waals surface area contributed by atoms with E-state index in [4.69, 9.17) is 0 Å². The van der Waals surface area contributed by atoms with Crippen molar-refractivity contribution >= 4 is 11.9 Å². The van der Waals surface area contributed by atoms with Gasteiger partial charge >= 0.3 is 6.03 Å². The molecule has 0 spiro atoms. The molecule has 0 aliphatic carbocycles. The fourth-order valence-corrected chi connectivity index (χ4v) is 0.831. The summed E-state index contributed by atoms with van der Waals surface area (Å²) in [5.74, 6) is -0.0853. The molecule has 0 aromatic carbocycles. The van der Waals surface area contributed by atoms with Crippen molar-refractivity contribution in [2.45, 2.75) is 13.8 Å². The lowest BCUT2D eigenvalue weighted by Gasteiger charge is -1.95. The van der Waals surface area contributed by atoms with Crippen LogP contribution < -0.4 is 10.6 Å². The summed E-state index contributed by atoms with van der Waals surface area (Å²) in [6.45, 7) is 3.87.